The maximum Gasteiger partial charge on any atom is 0.251 e. The van der Waals surface area contributed by atoms with E-state index in [9.17, 15) is 9.59 Å². The average molecular weight is 549 g/mol. The standard InChI is InChI=1S/C30H40N6O4/c1-19-33-22(16-32-29(37)20-7-9-23(10-8-20)35-17-24-15-25(18-35)40-24)14-28(34-19)36-26-6-4-3-5-21(26)13-27(36)30(38)31-11-12-39-2/h7-10,14,21,24-27H,3-6,11-13,15-18H2,1-2H3,(H,31,38)(H,32,37)/t21-,24?,25?,26-,27-/m0/s1. The van der Waals surface area contributed by atoms with Crippen molar-refractivity contribution in [1.29, 1.82) is 0 Å². The molecule has 5 heterocycles. The molecule has 1 saturated carbocycles. The van der Waals surface area contributed by atoms with E-state index < -0.39 is 0 Å². The summed E-state index contributed by atoms with van der Waals surface area (Å²) in [4.78, 5) is 40.1. The van der Waals surface area contributed by atoms with Crippen LogP contribution in [-0.4, -0.2) is 79.4 Å². The number of rotatable bonds is 9. The fraction of sp³-hybridized carbons (Fsp3) is 0.600. The predicted octanol–water partition coefficient (Wildman–Crippen LogP) is 2.59. The molecule has 7 rings (SSSR count). The fourth-order valence-electron chi connectivity index (χ4n) is 6.92. The van der Waals surface area contributed by atoms with Crippen molar-refractivity contribution in [3.8, 4) is 0 Å². The number of morpholine rings is 1. The highest BCUT2D eigenvalue weighted by Gasteiger charge is 2.46. The summed E-state index contributed by atoms with van der Waals surface area (Å²) in [5.74, 6) is 1.77. The number of nitrogens with zero attached hydrogens (tertiary/aromatic N) is 4. The monoisotopic (exact) mass is 548 g/mol. The summed E-state index contributed by atoms with van der Waals surface area (Å²) in [5.41, 5.74) is 2.47. The Morgan fingerprint density at radius 3 is 2.55 bits per heavy atom. The Balaban J connectivity index is 1.13. The van der Waals surface area contributed by atoms with Crippen molar-refractivity contribution in [1.82, 2.24) is 20.6 Å². The summed E-state index contributed by atoms with van der Waals surface area (Å²) in [6.07, 6.45) is 7.24. The number of hydrogen-bond donors (Lipinski definition) is 2. The maximum atomic E-state index is 13.2. The summed E-state index contributed by atoms with van der Waals surface area (Å²) in [6.45, 7) is 4.95. The molecular formula is C30H40N6O4. The molecule has 1 aromatic heterocycles. The van der Waals surface area contributed by atoms with Gasteiger partial charge in [0.25, 0.3) is 5.91 Å². The number of ether oxygens (including phenoxy) is 2. The molecule has 5 aliphatic rings. The van der Waals surface area contributed by atoms with Gasteiger partial charge in [0.2, 0.25) is 5.91 Å². The molecule has 1 aromatic carbocycles. The number of carbonyl (C=O) groups is 2. The molecule has 5 atom stereocenters. The lowest BCUT2D eigenvalue weighted by atomic mass is 9.84. The molecule has 2 bridgehead atoms. The molecule has 5 fully saturated rings. The minimum atomic E-state index is -0.266. The first-order valence-electron chi connectivity index (χ1n) is 14.7. The fourth-order valence-corrected chi connectivity index (χ4v) is 6.92. The van der Waals surface area contributed by atoms with Crippen LogP contribution in [0.25, 0.3) is 0 Å². The van der Waals surface area contributed by atoms with Crippen LogP contribution in [0.3, 0.4) is 0 Å². The molecule has 0 radical (unpaired) electrons. The van der Waals surface area contributed by atoms with Crippen molar-refractivity contribution in [3.63, 3.8) is 0 Å². The molecule has 10 nitrogen and oxygen atoms in total. The summed E-state index contributed by atoms with van der Waals surface area (Å²) in [5, 5.41) is 6.06. The van der Waals surface area contributed by atoms with Gasteiger partial charge in [0.15, 0.2) is 0 Å². The molecule has 1 aliphatic carbocycles. The maximum absolute atomic E-state index is 13.2. The lowest BCUT2D eigenvalue weighted by molar-refractivity contribution is -0.133. The molecule has 4 saturated heterocycles. The first-order valence-corrected chi connectivity index (χ1v) is 14.7. The second-order valence-corrected chi connectivity index (χ2v) is 11.6. The Morgan fingerprint density at radius 2 is 1.80 bits per heavy atom. The minimum absolute atomic E-state index is 0.0233. The largest absolute Gasteiger partial charge is 0.383 e. The number of piperidine rings is 1. The van der Waals surface area contributed by atoms with Gasteiger partial charge in [0.05, 0.1) is 31.1 Å². The number of methoxy groups -OCH3 is 1. The third-order valence-electron chi connectivity index (χ3n) is 8.82. The Kier molecular flexibility index (Phi) is 7.89. The average Bonchev–Trinajstić information content (AvgIpc) is 3.35. The number of aromatic nitrogens is 2. The van der Waals surface area contributed by atoms with Gasteiger partial charge in [-0.25, -0.2) is 9.97 Å². The Labute approximate surface area is 235 Å². The zero-order valence-electron chi connectivity index (χ0n) is 23.5. The Bertz CT molecular complexity index is 1210. The molecule has 0 spiro atoms. The van der Waals surface area contributed by atoms with E-state index in [0.717, 1.165) is 62.4 Å². The quantitative estimate of drug-likeness (QED) is 0.461. The van der Waals surface area contributed by atoms with E-state index >= 15 is 0 Å². The Hall–Kier alpha value is -3.24. The number of anilines is 2. The predicted molar refractivity (Wildman–Crippen MR) is 151 cm³/mol. The van der Waals surface area contributed by atoms with Crippen molar-refractivity contribution in [2.45, 2.75) is 76.3 Å². The second kappa shape index (κ2) is 11.7. The number of benzene rings is 1. The summed E-state index contributed by atoms with van der Waals surface area (Å²) >= 11 is 0. The number of fused-ring (bicyclic) bond motifs is 3. The normalized spacial score (nSPS) is 27.1. The SMILES string of the molecule is COCCNC(=O)[C@@H]1C[C@@H]2CCCC[C@@H]2N1c1cc(CNC(=O)c2ccc(N3CC4CC(C3)O4)cc2)nc(C)n1. The molecule has 2 aromatic rings. The third kappa shape index (κ3) is 5.65. The third-order valence-corrected chi connectivity index (χ3v) is 8.82. The molecule has 2 unspecified atom stereocenters. The highest BCUT2D eigenvalue weighted by molar-refractivity contribution is 5.94. The van der Waals surface area contributed by atoms with Crippen molar-refractivity contribution in [3.05, 3.63) is 47.4 Å². The number of hydrogen-bond acceptors (Lipinski definition) is 8. The second-order valence-electron chi connectivity index (χ2n) is 11.6. The van der Waals surface area contributed by atoms with Crippen molar-refractivity contribution in [2.24, 2.45) is 5.92 Å². The van der Waals surface area contributed by atoms with Crippen LogP contribution in [0.15, 0.2) is 30.3 Å². The van der Waals surface area contributed by atoms with Gasteiger partial charge in [-0.3, -0.25) is 9.59 Å². The smallest absolute Gasteiger partial charge is 0.251 e. The first kappa shape index (κ1) is 27.0. The summed E-state index contributed by atoms with van der Waals surface area (Å²) in [7, 11) is 1.63. The van der Waals surface area contributed by atoms with Gasteiger partial charge < -0.3 is 29.9 Å². The lowest BCUT2D eigenvalue weighted by Crippen LogP contribution is -2.57. The topological polar surface area (TPSA) is 109 Å². The minimum Gasteiger partial charge on any atom is -0.383 e. The van der Waals surface area contributed by atoms with E-state index in [1.165, 1.54) is 6.42 Å². The van der Waals surface area contributed by atoms with Gasteiger partial charge >= 0.3 is 0 Å². The molecule has 2 amide bonds. The highest BCUT2D eigenvalue weighted by atomic mass is 16.5. The molecule has 2 N–H and O–H groups in total. The zero-order valence-corrected chi connectivity index (χ0v) is 23.5. The Morgan fingerprint density at radius 1 is 1.05 bits per heavy atom. The van der Waals surface area contributed by atoms with Crippen molar-refractivity contribution in [2.75, 3.05) is 43.2 Å². The van der Waals surface area contributed by atoms with Gasteiger partial charge in [-0.15, -0.1) is 0 Å². The summed E-state index contributed by atoms with van der Waals surface area (Å²) < 4.78 is 10.9. The number of carbonyl (C=O) groups excluding carboxylic acids is 2. The molecule has 4 aliphatic heterocycles. The van der Waals surface area contributed by atoms with Gasteiger partial charge in [0, 0.05) is 56.5 Å². The van der Waals surface area contributed by atoms with E-state index in [1.807, 2.05) is 37.3 Å². The molecule has 214 valence electrons. The van der Waals surface area contributed by atoms with Crippen LogP contribution >= 0.6 is 0 Å². The zero-order chi connectivity index (χ0) is 27.6. The van der Waals surface area contributed by atoms with Crippen LogP contribution in [0, 0.1) is 12.8 Å². The van der Waals surface area contributed by atoms with Gasteiger partial charge in [-0.1, -0.05) is 12.8 Å². The van der Waals surface area contributed by atoms with Crippen LogP contribution in [-0.2, 0) is 20.8 Å². The van der Waals surface area contributed by atoms with E-state index in [0.29, 0.717) is 48.7 Å². The van der Waals surface area contributed by atoms with E-state index in [2.05, 4.69) is 25.4 Å². The van der Waals surface area contributed by atoms with Gasteiger partial charge in [0.1, 0.15) is 17.7 Å². The molecule has 40 heavy (non-hydrogen) atoms. The lowest BCUT2D eigenvalue weighted by Gasteiger charge is -2.48. The van der Waals surface area contributed by atoms with Crippen LogP contribution < -0.4 is 20.4 Å². The molecular weight excluding hydrogens is 508 g/mol. The highest BCUT2D eigenvalue weighted by Crippen LogP contribution is 2.42. The van der Waals surface area contributed by atoms with Crippen LogP contribution in [0.2, 0.25) is 0 Å². The van der Waals surface area contributed by atoms with E-state index in [-0.39, 0.29) is 24.4 Å². The van der Waals surface area contributed by atoms with Crippen LogP contribution in [0.1, 0.15) is 60.4 Å². The van der Waals surface area contributed by atoms with E-state index in [1.54, 1.807) is 7.11 Å². The van der Waals surface area contributed by atoms with Crippen molar-refractivity contribution >= 4 is 23.3 Å². The van der Waals surface area contributed by atoms with Crippen LogP contribution in [0.5, 0.6) is 0 Å². The number of nitrogens with one attached hydrogen (secondary N) is 2. The van der Waals surface area contributed by atoms with Crippen LogP contribution in [0.4, 0.5) is 11.5 Å². The summed E-state index contributed by atoms with van der Waals surface area (Å²) in [6, 6.07) is 9.74. The first-order chi connectivity index (χ1) is 19.5. The molecule has 10 heteroatoms. The number of aryl methyl sites for hydroxylation is 1. The van der Waals surface area contributed by atoms with Gasteiger partial charge in [-0.05, 0) is 56.4 Å². The number of amides is 2. The van der Waals surface area contributed by atoms with Crippen molar-refractivity contribution < 1.29 is 19.1 Å². The van der Waals surface area contributed by atoms with Gasteiger partial charge in [-0.2, -0.15) is 0 Å². The van der Waals surface area contributed by atoms with E-state index in [4.69, 9.17) is 14.5 Å².